The van der Waals surface area contributed by atoms with Crippen molar-refractivity contribution < 1.29 is 9.16 Å². The molecule has 2 atom stereocenters. The Morgan fingerprint density at radius 1 is 0.900 bits per heavy atom. The van der Waals surface area contributed by atoms with Gasteiger partial charge in [-0.1, -0.05) is 120 Å². The summed E-state index contributed by atoms with van der Waals surface area (Å²) in [4.78, 5) is 0. The Bertz CT molecular complexity index is 1110. The van der Waals surface area contributed by atoms with Crippen molar-refractivity contribution in [2.24, 2.45) is 5.92 Å². The molecule has 218 valence electrons. The van der Waals surface area contributed by atoms with E-state index in [0.29, 0.717) is 25.0 Å². The predicted molar refractivity (Wildman–Crippen MR) is 176 cm³/mol. The molecule has 0 spiro atoms. The lowest BCUT2D eigenvalue weighted by Crippen LogP contribution is -2.41. The fourth-order valence-corrected chi connectivity index (χ4v) is 5.95. The number of hydrogen-bond donors (Lipinski definition) is 0. The smallest absolute Gasteiger partial charge is 0.192 e. The van der Waals surface area contributed by atoms with E-state index in [0.717, 1.165) is 25.9 Å². The highest BCUT2D eigenvalue weighted by molar-refractivity contribution is 6.74. The maximum Gasteiger partial charge on any atom is 0.192 e. The van der Waals surface area contributed by atoms with Crippen LogP contribution < -0.4 is 0 Å². The Balaban J connectivity index is 1.60. The molecule has 0 heterocycles. The summed E-state index contributed by atoms with van der Waals surface area (Å²) in [6.07, 6.45) is 14.8. The molecule has 1 aliphatic carbocycles. The van der Waals surface area contributed by atoms with Gasteiger partial charge in [0.05, 0.1) is 13.2 Å². The Morgan fingerprint density at radius 2 is 1.57 bits per heavy atom. The van der Waals surface area contributed by atoms with Gasteiger partial charge < -0.3 is 9.16 Å². The van der Waals surface area contributed by atoms with Crippen LogP contribution in [0.15, 0.2) is 90.0 Å². The number of allylic oxidation sites excluding steroid dienone is 6. The van der Waals surface area contributed by atoms with Crippen LogP contribution >= 0.6 is 0 Å². The number of rotatable bonds is 15. The molecule has 2 aromatic carbocycles. The molecule has 2 aromatic rings. The predicted octanol–water partition coefficient (Wildman–Crippen LogP) is 10.6. The summed E-state index contributed by atoms with van der Waals surface area (Å²) in [6, 6.07) is 22.1. The molecule has 0 aliphatic heterocycles. The molecule has 1 aliphatic rings. The summed E-state index contributed by atoms with van der Waals surface area (Å²) in [5.41, 5.74) is 6.92. The van der Waals surface area contributed by atoms with Crippen molar-refractivity contribution in [2.75, 3.05) is 19.8 Å². The van der Waals surface area contributed by atoms with Gasteiger partial charge in [0.2, 0.25) is 0 Å². The van der Waals surface area contributed by atoms with E-state index in [2.05, 4.69) is 133 Å². The molecular weight excluding hydrogens is 504 g/mol. The Hall–Kier alpha value is -2.33. The highest BCUT2D eigenvalue weighted by Gasteiger charge is 2.36. The van der Waals surface area contributed by atoms with Crippen molar-refractivity contribution in [1.82, 2.24) is 0 Å². The van der Waals surface area contributed by atoms with Crippen LogP contribution in [0.5, 0.6) is 0 Å². The monoisotopic (exact) mass is 557 g/mol. The Morgan fingerprint density at radius 3 is 2.17 bits per heavy atom. The molecule has 0 bridgehead atoms. The third kappa shape index (κ3) is 9.94. The van der Waals surface area contributed by atoms with Gasteiger partial charge in [0.25, 0.3) is 0 Å². The van der Waals surface area contributed by atoms with Gasteiger partial charge in [-0.05, 0) is 48.4 Å². The standard InChI is InChI=1S/C37H53O2Si/c1-8-30(2)28-35(32-17-11-9-12-18-32)29-36(33-19-13-10-14-20-33)34-23-21-31(22-24-34)16-15-25-38-26-27-39-40(6,7)37(3,4)5/h9-14,17-24,30,35H,8,15-16,25-29H2,1-7H3/q-1. The van der Waals surface area contributed by atoms with Crippen LogP contribution in [0.4, 0.5) is 0 Å². The number of benzene rings is 2. The van der Waals surface area contributed by atoms with Crippen LogP contribution in [0.1, 0.15) is 83.8 Å². The minimum atomic E-state index is -1.69. The zero-order chi connectivity index (χ0) is 29.0. The highest BCUT2D eigenvalue weighted by Crippen LogP contribution is 2.38. The Labute approximate surface area is 246 Å². The van der Waals surface area contributed by atoms with Crippen molar-refractivity contribution in [3.63, 3.8) is 0 Å². The topological polar surface area (TPSA) is 18.5 Å². The van der Waals surface area contributed by atoms with E-state index in [1.165, 1.54) is 40.7 Å². The largest absolute Gasteiger partial charge is 0.414 e. The molecule has 0 fully saturated rings. The Kier molecular flexibility index (Phi) is 12.6. The first-order valence-electron chi connectivity index (χ1n) is 15.4. The SMILES string of the molecule is CCC(C)CC(CC(=C1C=CC(CCCOCCO[Si](C)(C)C(C)(C)C)=C[CH-]1)c1ccccc1)c1ccccc1. The molecule has 0 saturated heterocycles. The molecule has 0 N–H and O–H groups in total. The van der Waals surface area contributed by atoms with Crippen LogP contribution in [-0.2, 0) is 9.16 Å². The molecule has 0 saturated carbocycles. The molecule has 3 rings (SSSR count). The highest BCUT2D eigenvalue weighted by atomic mass is 28.4. The molecule has 40 heavy (non-hydrogen) atoms. The lowest BCUT2D eigenvalue weighted by atomic mass is 9.80. The molecule has 0 aromatic heterocycles. The average molecular weight is 558 g/mol. The molecule has 2 nitrogen and oxygen atoms in total. The maximum absolute atomic E-state index is 6.23. The van der Waals surface area contributed by atoms with E-state index < -0.39 is 8.32 Å². The quantitative estimate of drug-likeness (QED) is 0.123. The zero-order valence-corrected chi connectivity index (χ0v) is 27.2. The van der Waals surface area contributed by atoms with Crippen molar-refractivity contribution in [1.29, 1.82) is 0 Å². The summed E-state index contributed by atoms with van der Waals surface area (Å²) >= 11 is 0. The van der Waals surface area contributed by atoms with E-state index >= 15 is 0 Å². The van der Waals surface area contributed by atoms with Crippen molar-refractivity contribution in [3.05, 3.63) is 108 Å². The second kappa shape index (κ2) is 15.6. The van der Waals surface area contributed by atoms with E-state index in [-0.39, 0.29) is 5.04 Å². The van der Waals surface area contributed by atoms with Gasteiger partial charge in [0, 0.05) is 6.61 Å². The van der Waals surface area contributed by atoms with Gasteiger partial charge >= 0.3 is 0 Å². The van der Waals surface area contributed by atoms with Crippen molar-refractivity contribution in [2.45, 2.75) is 90.8 Å². The minimum absolute atomic E-state index is 0.243. The van der Waals surface area contributed by atoms with Crippen LogP contribution in [0.2, 0.25) is 18.1 Å². The molecule has 0 radical (unpaired) electrons. The fourth-order valence-electron chi connectivity index (χ4n) is 4.93. The first-order chi connectivity index (χ1) is 19.1. The summed E-state index contributed by atoms with van der Waals surface area (Å²) in [5.74, 6) is 1.20. The molecule has 2 unspecified atom stereocenters. The van der Waals surface area contributed by atoms with E-state index in [4.69, 9.17) is 9.16 Å². The molecule has 0 amide bonds. The summed E-state index contributed by atoms with van der Waals surface area (Å²) in [7, 11) is -1.69. The first-order valence-corrected chi connectivity index (χ1v) is 18.3. The van der Waals surface area contributed by atoms with Crippen LogP contribution in [0.25, 0.3) is 5.57 Å². The lowest BCUT2D eigenvalue weighted by Gasteiger charge is -2.36. The maximum atomic E-state index is 6.23. The summed E-state index contributed by atoms with van der Waals surface area (Å²) in [6.45, 7) is 18.3. The normalized spacial score (nSPS) is 16.7. The first kappa shape index (κ1) is 32.2. The summed E-state index contributed by atoms with van der Waals surface area (Å²) < 4.78 is 12.1. The van der Waals surface area contributed by atoms with Gasteiger partial charge in [-0.3, -0.25) is 0 Å². The molecule has 3 heteroatoms. The fraction of sp³-hybridized carbons (Fsp3) is 0.486. The number of ether oxygens (including phenoxy) is 1. The van der Waals surface area contributed by atoms with Gasteiger partial charge in [0.15, 0.2) is 8.32 Å². The third-order valence-corrected chi connectivity index (χ3v) is 13.3. The van der Waals surface area contributed by atoms with Crippen molar-refractivity contribution in [3.8, 4) is 0 Å². The van der Waals surface area contributed by atoms with Crippen molar-refractivity contribution >= 4 is 13.9 Å². The molecular formula is C37H53O2Si-. The van der Waals surface area contributed by atoms with E-state index in [1.54, 1.807) is 0 Å². The number of hydrogen-bond acceptors (Lipinski definition) is 2. The van der Waals surface area contributed by atoms with Gasteiger partial charge in [-0.2, -0.15) is 0 Å². The van der Waals surface area contributed by atoms with Gasteiger partial charge in [0.1, 0.15) is 0 Å². The zero-order valence-electron chi connectivity index (χ0n) is 26.2. The van der Waals surface area contributed by atoms with Crippen LogP contribution in [-0.4, -0.2) is 28.1 Å². The van der Waals surface area contributed by atoms with Gasteiger partial charge in [-0.25, -0.2) is 0 Å². The minimum Gasteiger partial charge on any atom is -0.414 e. The second-order valence-corrected chi connectivity index (χ2v) is 17.7. The third-order valence-electron chi connectivity index (χ3n) is 8.78. The second-order valence-electron chi connectivity index (χ2n) is 12.9. The van der Waals surface area contributed by atoms with Gasteiger partial charge in [-0.15, -0.1) is 41.4 Å². The average Bonchev–Trinajstić information content (AvgIpc) is 2.95. The summed E-state index contributed by atoms with van der Waals surface area (Å²) in [5, 5.41) is 0.243. The van der Waals surface area contributed by atoms with E-state index in [9.17, 15) is 0 Å². The van der Waals surface area contributed by atoms with Crippen LogP contribution in [0, 0.1) is 12.3 Å². The van der Waals surface area contributed by atoms with E-state index in [1.807, 2.05) is 0 Å². The van der Waals surface area contributed by atoms with Crippen LogP contribution in [0.3, 0.4) is 0 Å². The lowest BCUT2D eigenvalue weighted by molar-refractivity contribution is 0.0940.